The summed E-state index contributed by atoms with van der Waals surface area (Å²) in [6.45, 7) is 5.35. The van der Waals surface area contributed by atoms with Crippen molar-refractivity contribution in [3.8, 4) is 5.75 Å². The van der Waals surface area contributed by atoms with Crippen molar-refractivity contribution in [2.45, 2.75) is 51.6 Å². The van der Waals surface area contributed by atoms with Gasteiger partial charge in [-0.25, -0.2) is 0 Å². The van der Waals surface area contributed by atoms with Crippen LogP contribution in [0, 0.1) is 12.8 Å². The number of rotatable bonds is 5. The van der Waals surface area contributed by atoms with Gasteiger partial charge in [-0.3, -0.25) is 0 Å². The number of hydrogen-bond acceptors (Lipinski definition) is 3. The SMILES string of the molecule is COc1ccc(C)cc1C(N)CN(C)C1CCC(C)CC1. The van der Waals surface area contributed by atoms with Gasteiger partial charge >= 0.3 is 0 Å². The molecule has 1 aliphatic rings. The van der Waals surface area contributed by atoms with Crippen LogP contribution in [0.4, 0.5) is 0 Å². The normalized spacial score (nSPS) is 24.1. The highest BCUT2D eigenvalue weighted by Crippen LogP contribution is 2.29. The Morgan fingerprint density at radius 1 is 1.29 bits per heavy atom. The highest BCUT2D eigenvalue weighted by molar-refractivity contribution is 5.39. The first-order valence-electron chi connectivity index (χ1n) is 8.11. The number of likely N-dealkylation sites (N-methyl/N-ethyl adjacent to an activating group) is 1. The molecule has 1 unspecified atom stereocenters. The molecule has 1 atom stereocenters. The Kier molecular flexibility index (Phi) is 5.65. The van der Waals surface area contributed by atoms with Gasteiger partial charge in [0.2, 0.25) is 0 Å². The van der Waals surface area contributed by atoms with Crippen LogP contribution in [0.15, 0.2) is 18.2 Å². The van der Waals surface area contributed by atoms with Gasteiger partial charge < -0.3 is 15.4 Å². The summed E-state index contributed by atoms with van der Waals surface area (Å²) in [5, 5.41) is 0. The minimum Gasteiger partial charge on any atom is -0.496 e. The first-order chi connectivity index (χ1) is 10.0. The lowest BCUT2D eigenvalue weighted by Crippen LogP contribution is -2.39. The molecule has 118 valence electrons. The summed E-state index contributed by atoms with van der Waals surface area (Å²) in [7, 11) is 3.93. The van der Waals surface area contributed by atoms with Gasteiger partial charge in [0.1, 0.15) is 5.75 Å². The lowest BCUT2D eigenvalue weighted by Gasteiger charge is -2.35. The zero-order valence-electron chi connectivity index (χ0n) is 13.9. The van der Waals surface area contributed by atoms with Crippen LogP contribution in [0.3, 0.4) is 0 Å². The van der Waals surface area contributed by atoms with Gasteiger partial charge in [-0.05, 0) is 51.6 Å². The molecule has 1 fully saturated rings. The highest BCUT2D eigenvalue weighted by atomic mass is 16.5. The fourth-order valence-electron chi connectivity index (χ4n) is 3.38. The van der Waals surface area contributed by atoms with Crippen LogP contribution in [0.1, 0.15) is 49.8 Å². The standard InChI is InChI=1S/C18H30N2O/c1-13-5-8-15(9-6-13)20(3)12-17(19)16-11-14(2)7-10-18(16)21-4/h7,10-11,13,15,17H,5-6,8-9,12,19H2,1-4H3. The lowest BCUT2D eigenvalue weighted by molar-refractivity contribution is 0.162. The molecule has 1 aromatic rings. The summed E-state index contributed by atoms with van der Waals surface area (Å²) in [5.41, 5.74) is 8.80. The van der Waals surface area contributed by atoms with E-state index >= 15 is 0 Å². The molecular formula is C18H30N2O. The zero-order valence-corrected chi connectivity index (χ0v) is 13.9. The van der Waals surface area contributed by atoms with E-state index in [1.165, 1.54) is 31.2 Å². The van der Waals surface area contributed by atoms with Gasteiger partial charge in [0, 0.05) is 24.2 Å². The van der Waals surface area contributed by atoms with E-state index in [4.69, 9.17) is 10.5 Å². The predicted octanol–water partition coefficient (Wildman–Crippen LogP) is 3.51. The van der Waals surface area contributed by atoms with Crippen molar-refractivity contribution >= 4 is 0 Å². The average Bonchev–Trinajstić information content (AvgIpc) is 2.47. The molecule has 2 rings (SSSR count). The Bertz CT molecular complexity index is 453. The van der Waals surface area contributed by atoms with Crippen molar-refractivity contribution < 1.29 is 4.74 Å². The smallest absolute Gasteiger partial charge is 0.123 e. The largest absolute Gasteiger partial charge is 0.496 e. The Labute approximate surface area is 129 Å². The quantitative estimate of drug-likeness (QED) is 0.902. The van der Waals surface area contributed by atoms with Crippen LogP contribution >= 0.6 is 0 Å². The minimum atomic E-state index is 0.00389. The Morgan fingerprint density at radius 2 is 1.95 bits per heavy atom. The third-order valence-corrected chi connectivity index (χ3v) is 4.88. The van der Waals surface area contributed by atoms with Gasteiger partial charge in [-0.2, -0.15) is 0 Å². The molecule has 2 N–H and O–H groups in total. The molecule has 0 radical (unpaired) electrons. The molecule has 0 aromatic heterocycles. The maximum absolute atomic E-state index is 6.45. The number of nitrogens with zero attached hydrogens (tertiary/aromatic N) is 1. The summed E-state index contributed by atoms with van der Waals surface area (Å²) >= 11 is 0. The summed E-state index contributed by atoms with van der Waals surface area (Å²) in [6.07, 6.45) is 5.29. The predicted molar refractivity (Wildman–Crippen MR) is 88.7 cm³/mol. The number of benzene rings is 1. The van der Waals surface area contributed by atoms with E-state index in [9.17, 15) is 0 Å². The van der Waals surface area contributed by atoms with Crippen LogP contribution < -0.4 is 10.5 Å². The second-order valence-electron chi connectivity index (χ2n) is 6.71. The third kappa shape index (κ3) is 4.21. The molecule has 0 bridgehead atoms. The molecule has 0 heterocycles. The van der Waals surface area contributed by atoms with E-state index < -0.39 is 0 Å². The summed E-state index contributed by atoms with van der Waals surface area (Å²) < 4.78 is 5.46. The van der Waals surface area contributed by atoms with Crippen LogP contribution in [0.2, 0.25) is 0 Å². The topological polar surface area (TPSA) is 38.5 Å². The Hall–Kier alpha value is -1.06. The first kappa shape index (κ1) is 16.3. The van der Waals surface area contributed by atoms with E-state index in [2.05, 4.69) is 37.9 Å². The second-order valence-corrected chi connectivity index (χ2v) is 6.71. The van der Waals surface area contributed by atoms with E-state index in [-0.39, 0.29) is 6.04 Å². The summed E-state index contributed by atoms with van der Waals surface area (Å²) in [6, 6.07) is 6.93. The molecule has 1 saturated carbocycles. The number of methoxy groups -OCH3 is 1. The van der Waals surface area contributed by atoms with E-state index in [0.717, 1.165) is 23.8 Å². The van der Waals surface area contributed by atoms with Crippen molar-refractivity contribution in [3.05, 3.63) is 29.3 Å². The molecule has 21 heavy (non-hydrogen) atoms. The van der Waals surface area contributed by atoms with Gasteiger partial charge in [-0.15, -0.1) is 0 Å². The van der Waals surface area contributed by atoms with Crippen LogP contribution in [-0.4, -0.2) is 31.6 Å². The van der Waals surface area contributed by atoms with Crippen molar-refractivity contribution in [1.82, 2.24) is 4.90 Å². The lowest BCUT2D eigenvalue weighted by atomic mass is 9.86. The molecule has 0 amide bonds. The van der Waals surface area contributed by atoms with Gasteiger partial charge in [0.25, 0.3) is 0 Å². The number of aryl methyl sites for hydroxylation is 1. The molecule has 1 aromatic carbocycles. The fourth-order valence-corrected chi connectivity index (χ4v) is 3.38. The summed E-state index contributed by atoms with van der Waals surface area (Å²) in [4.78, 5) is 2.44. The molecule has 3 heteroatoms. The van der Waals surface area contributed by atoms with E-state index in [0.29, 0.717) is 6.04 Å². The molecule has 3 nitrogen and oxygen atoms in total. The van der Waals surface area contributed by atoms with Gasteiger partial charge in [0.15, 0.2) is 0 Å². The summed E-state index contributed by atoms with van der Waals surface area (Å²) in [5.74, 6) is 1.79. The van der Waals surface area contributed by atoms with Crippen molar-refractivity contribution in [1.29, 1.82) is 0 Å². The van der Waals surface area contributed by atoms with E-state index in [1.54, 1.807) is 7.11 Å². The third-order valence-electron chi connectivity index (χ3n) is 4.88. The van der Waals surface area contributed by atoms with Crippen LogP contribution in [0.5, 0.6) is 5.75 Å². The average molecular weight is 290 g/mol. The van der Waals surface area contributed by atoms with Gasteiger partial charge in [0.05, 0.1) is 7.11 Å². The fraction of sp³-hybridized carbons (Fsp3) is 0.667. The van der Waals surface area contributed by atoms with E-state index in [1.807, 2.05) is 6.07 Å². The van der Waals surface area contributed by atoms with Gasteiger partial charge in [-0.1, -0.05) is 24.6 Å². The van der Waals surface area contributed by atoms with Crippen LogP contribution in [-0.2, 0) is 0 Å². The van der Waals surface area contributed by atoms with Crippen LogP contribution in [0.25, 0.3) is 0 Å². The second kappa shape index (κ2) is 7.28. The maximum atomic E-state index is 6.45. The number of ether oxygens (including phenoxy) is 1. The minimum absolute atomic E-state index is 0.00389. The maximum Gasteiger partial charge on any atom is 0.123 e. The zero-order chi connectivity index (χ0) is 15.4. The van der Waals surface area contributed by atoms with Crippen molar-refractivity contribution in [2.75, 3.05) is 20.7 Å². The Morgan fingerprint density at radius 3 is 2.57 bits per heavy atom. The molecule has 1 aliphatic carbocycles. The first-order valence-corrected chi connectivity index (χ1v) is 8.11. The monoisotopic (exact) mass is 290 g/mol. The molecule has 0 spiro atoms. The van der Waals surface area contributed by atoms with Crippen molar-refractivity contribution in [2.24, 2.45) is 11.7 Å². The number of nitrogens with two attached hydrogens (primary N) is 1. The number of hydrogen-bond donors (Lipinski definition) is 1. The van der Waals surface area contributed by atoms with Crippen molar-refractivity contribution in [3.63, 3.8) is 0 Å². The molecule has 0 saturated heterocycles. The molecule has 0 aliphatic heterocycles. The molecular weight excluding hydrogens is 260 g/mol. The highest BCUT2D eigenvalue weighted by Gasteiger charge is 2.23. The Balaban J connectivity index is 2.00.